The molecule has 1 N–H and O–H groups in total. The normalized spacial score (nSPS) is 17.9. The van der Waals surface area contributed by atoms with Gasteiger partial charge >= 0.3 is 5.97 Å². The van der Waals surface area contributed by atoms with Crippen LogP contribution >= 0.6 is 11.6 Å². The average molecular weight is 314 g/mol. The molecule has 0 aromatic heterocycles. The highest BCUT2D eigenvalue weighted by Gasteiger charge is 2.38. The molecule has 0 amide bonds. The van der Waals surface area contributed by atoms with Crippen LogP contribution in [0.15, 0.2) is 18.2 Å². The predicted molar refractivity (Wildman–Crippen MR) is 80.9 cm³/mol. The first kappa shape index (κ1) is 16.2. The Kier molecular flexibility index (Phi) is 5.22. The molecule has 0 radical (unpaired) electrons. The second-order valence-corrected chi connectivity index (χ2v) is 6.32. The Morgan fingerprint density at radius 3 is 2.62 bits per heavy atom. The maximum absolute atomic E-state index is 13.9. The highest BCUT2D eigenvalue weighted by molar-refractivity contribution is 6.31. The average Bonchev–Trinajstić information content (AvgIpc) is 2.43. The summed E-state index contributed by atoms with van der Waals surface area (Å²) in [6, 6.07) is 4.63. The molecule has 1 aromatic carbocycles. The molecule has 0 spiro atoms. The molecule has 21 heavy (non-hydrogen) atoms. The molecule has 0 saturated heterocycles. The van der Waals surface area contributed by atoms with Crippen molar-refractivity contribution in [2.45, 2.75) is 50.6 Å². The first-order valence-electron chi connectivity index (χ1n) is 7.30. The molecule has 0 atom stereocenters. The van der Waals surface area contributed by atoms with Crippen molar-refractivity contribution in [3.63, 3.8) is 0 Å². The van der Waals surface area contributed by atoms with Crippen LogP contribution < -0.4 is 0 Å². The van der Waals surface area contributed by atoms with E-state index in [0.29, 0.717) is 17.1 Å². The van der Waals surface area contributed by atoms with E-state index in [2.05, 4.69) is 0 Å². The van der Waals surface area contributed by atoms with Crippen molar-refractivity contribution in [2.24, 2.45) is 0 Å². The van der Waals surface area contributed by atoms with Crippen LogP contribution in [0.25, 0.3) is 0 Å². The largest absolute Gasteiger partial charge is 0.481 e. The van der Waals surface area contributed by atoms with Gasteiger partial charge in [-0.3, -0.25) is 9.69 Å². The summed E-state index contributed by atoms with van der Waals surface area (Å²) in [5.74, 6) is -1.14. The number of hydrogen-bond acceptors (Lipinski definition) is 2. The lowest BCUT2D eigenvalue weighted by Crippen LogP contribution is -2.49. The van der Waals surface area contributed by atoms with Crippen molar-refractivity contribution in [3.8, 4) is 0 Å². The zero-order valence-electron chi connectivity index (χ0n) is 12.2. The molecule has 5 heteroatoms. The van der Waals surface area contributed by atoms with Crippen LogP contribution in [0.4, 0.5) is 4.39 Å². The zero-order chi connectivity index (χ0) is 15.5. The van der Waals surface area contributed by atoms with Crippen LogP contribution in [0.1, 0.15) is 44.1 Å². The van der Waals surface area contributed by atoms with Crippen LogP contribution in [0, 0.1) is 5.82 Å². The number of aliphatic carboxylic acids is 1. The molecule has 2 rings (SSSR count). The van der Waals surface area contributed by atoms with Gasteiger partial charge in [0, 0.05) is 22.7 Å². The van der Waals surface area contributed by atoms with Crippen LogP contribution in [0.2, 0.25) is 5.02 Å². The van der Waals surface area contributed by atoms with Crippen molar-refractivity contribution >= 4 is 17.6 Å². The molecule has 0 aliphatic heterocycles. The minimum atomic E-state index is -0.802. The number of carboxylic acid groups (broad SMARTS) is 1. The van der Waals surface area contributed by atoms with Crippen molar-refractivity contribution in [2.75, 3.05) is 7.05 Å². The van der Waals surface area contributed by atoms with Crippen molar-refractivity contribution in [3.05, 3.63) is 34.6 Å². The van der Waals surface area contributed by atoms with E-state index in [1.807, 2.05) is 11.9 Å². The fourth-order valence-corrected chi connectivity index (χ4v) is 3.50. The number of carboxylic acids is 1. The summed E-state index contributed by atoms with van der Waals surface area (Å²) in [5, 5.41) is 9.62. The van der Waals surface area contributed by atoms with Crippen LogP contribution in [-0.4, -0.2) is 28.6 Å². The van der Waals surface area contributed by atoms with Gasteiger partial charge in [0.1, 0.15) is 5.82 Å². The number of halogens is 2. The topological polar surface area (TPSA) is 40.5 Å². The lowest BCUT2D eigenvalue weighted by atomic mass is 9.78. The van der Waals surface area contributed by atoms with Crippen molar-refractivity contribution < 1.29 is 14.3 Å². The van der Waals surface area contributed by atoms with E-state index in [9.17, 15) is 14.3 Å². The number of nitrogens with zero attached hydrogens (tertiary/aromatic N) is 1. The Morgan fingerprint density at radius 2 is 2.05 bits per heavy atom. The fourth-order valence-electron chi connectivity index (χ4n) is 3.27. The summed E-state index contributed by atoms with van der Waals surface area (Å²) in [5.41, 5.74) is 0.0485. The molecule has 0 heterocycles. The Labute approximate surface area is 129 Å². The smallest absolute Gasteiger partial charge is 0.305 e. The first-order valence-corrected chi connectivity index (χ1v) is 7.68. The maximum atomic E-state index is 13.9. The summed E-state index contributed by atoms with van der Waals surface area (Å²) in [7, 11) is 1.87. The molecule has 1 fully saturated rings. The Bertz CT molecular complexity index is 495. The van der Waals surface area contributed by atoms with E-state index < -0.39 is 11.5 Å². The van der Waals surface area contributed by atoms with E-state index in [1.54, 1.807) is 12.1 Å². The number of carbonyl (C=O) groups is 1. The predicted octanol–water partition coefficient (Wildman–Crippen LogP) is 4.09. The minimum absolute atomic E-state index is 0.0928. The van der Waals surface area contributed by atoms with Crippen LogP contribution in [-0.2, 0) is 11.3 Å². The van der Waals surface area contributed by atoms with Gasteiger partial charge in [-0.1, -0.05) is 36.9 Å². The van der Waals surface area contributed by atoms with Gasteiger partial charge in [0.05, 0.1) is 6.42 Å². The Balaban J connectivity index is 2.22. The molecule has 3 nitrogen and oxygen atoms in total. The number of hydrogen-bond donors (Lipinski definition) is 1. The third kappa shape index (κ3) is 3.74. The van der Waals surface area contributed by atoms with Gasteiger partial charge in [0.2, 0.25) is 0 Å². The lowest BCUT2D eigenvalue weighted by Gasteiger charge is -2.44. The summed E-state index contributed by atoms with van der Waals surface area (Å²) >= 11 is 6.08. The summed E-state index contributed by atoms with van der Waals surface area (Å²) in [4.78, 5) is 13.2. The van der Waals surface area contributed by atoms with Gasteiger partial charge in [0.25, 0.3) is 0 Å². The van der Waals surface area contributed by atoms with Gasteiger partial charge < -0.3 is 5.11 Å². The highest BCUT2D eigenvalue weighted by atomic mass is 35.5. The Morgan fingerprint density at radius 1 is 1.38 bits per heavy atom. The van der Waals surface area contributed by atoms with E-state index >= 15 is 0 Å². The summed E-state index contributed by atoms with van der Waals surface area (Å²) in [6.45, 7) is 0.332. The lowest BCUT2D eigenvalue weighted by molar-refractivity contribution is -0.141. The van der Waals surface area contributed by atoms with Crippen LogP contribution in [0.5, 0.6) is 0 Å². The van der Waals surface area contributed by atoms with Crippen LogP contribution in [0.3, 0.4) is 0 Å². The molecule has 1 aliphatic carbocycles. The van der Waals surface area contributed by atoms with Crippen molar-refractivity contribution in [1.82, 2.24) is 4.90 Å². The number of benzene rings is 1. The molecule has 1 aromatic rings. The molecule has 0 bridgehead atoms. The van der Waals surface area contributed by atoms with Crippen molar-refractivity contribution in [1.29, 1.82) is 0 Å². The van der Waals surface area contributed by atoms with Gasteiger partial charge in [-0.2, -0.15) is 0 Å². The maximum Gasteiger partial charge on any atom is 0.305 e. The molecule has 1 saturated carbocycles. The monoisotopic (exact) mass is 313 g/mol. The van der Waals surface area contributed by atoms with Gasteiger partial charge in [-0.15, -0.1) is 0 Å². The summed E-state index contributed by atoms with van der Waals surface area (Å²) in [6.07, 6.45) is 4.93. The quantitative estimate of drug-likeness (QED) is 0.890. The number of rotatable bonds is 5. The highest BCUT2D eigenvalue weighted by Crippen LogP contribution is 2.37. The van der Waals surface area contributed by atoms with E-state index in [4.69, 9.17) is 11.6 Å². The molecular weight excluding hydrogens is 293 g/mol. The SMILES string of the molecule is CN(Cc1c(F)cccc1Cl)C1(CC(=O)O)CCCCC1. The third-order valence-corrected chi connectivity index (χ3v) is 4.89. The van der Waals surface area contributed by atoms with Gasteiger partial charge in [-0.05, 0) is 32.0 Å². The molecule has 0 unspecified atom stereocenters. The second kappa shape index (κ2) is 6.75. The second-order valence-electron chi connectivity index (χ2n) is 5.91. The van der Waals surface area contributed by atoms with E-state index in [-0.39, 0.29) is 12.2 Å². The van der Waals surface area contributed by atoms with Gasteiger partial charge in [-0.25, -0.2) is 4.39 Å². The minimum Gasteiger partial charge on any atom is -0.481 e. The molecule has 1 aliphatic rings. The van der Waals surface area contributed by atoms with E-state index in [1.165, 1.54) is 6.07 Å². The first-order chi connectivity index (χ1) is 9.94. The molecule has 116 valence electrons. The fraction of sp³-hybridized carbons (Fsp3) is 0.562. The third-order valence-electron chi connectivity index (χ3n) is 4.53. The Hall–Kier alpha value is -1.13. The molecular formula is C16H21ClFNO2. The standard InChI is InChI=1S/C16H21ClFNO2/c1-19(11-12-13(17)6-5-7-14(12)18)16(10-15(20)21)8-3-2-4-9-16/h5-7H,2-4,8-11H2,1H3,(H,20,21). The van der Waals surface area contributed by atoms with Gasteiger partial charge in [0.15, 0.2) is 0 Å². The van der Waals surface area contributed by atoms with E-state index in [0.717, 1.165) is 32.1 Å². The zero-order valence-corrected chi connectivity index (χ0v) is 13.0. The summed E-state index contributed by atoms with van der Waals surface area (Å²) < 4.78 is 13.9.